The monoisotopic (exact) mass is 416 g/mol. The number of rotatable bonds is 5. The normalized spacial score (nSPS) is 21.8. The van der Waals surface area contributed by atoms with E-state index in [2.05, 4.69) is 10.2 Å². The highest BCUT2D eigenvalue weighted by Crippen LogP contribution is 2.29. The Hall–Kier alpha value is -2.65. The first-order valence-corrected chi connectivity index (χ1v) is 10.4. The van der Waals surface area contributed by atoms with Gasteiger partial charge < -0.3 is 19.7 Å². The molecule has 0 aromatic heterocycles. The predicted octanol–water partition coefficient (Wildman–Crippen LogP) is 0.554. The summed E-state index contributed by atoms with van der Waals surface area (Å²) in [6, 6.07) is 6.80. The van der Waals surface area contributed by atoms with E-state index < -0.39 is 5.54 Å². The highest BCUT2D eigenvalue weighted by molar-refractivity contribution is 6.07. The molecule has 0 aliphatic carbocycles. The molecule has 1 spiro atoms. The molecular weight excluding hydrogens is 388 g/mol. The van der Waals surface area contributed by atoms with Gasteiger partial charge in [0.05, 0.1) is 13.2 Å². The first-order valence-electron chi connectivity index (χ1n) is 10.4. The van der Waals surface area contributed by atoms with Crippen LogP contribution in [0.5, 0.6) is 5.75 Å². The zero-order valence-corrected chi connectivity index (χ0v) is 17.3. The van der Waals surface area contributed by atoms with Crippen LogP contribution in [0.25, 0.3) is 0 Å². The van der Waals surface area contributed by atoms with Gasteiger partial charge in [0, 0.05) is 45.3 Å². The van der Waals surface area contributed by atoms with Gasteiger partial charge in [0.2, 0.25) is 0 Å². The molecule has 3 aliphatic heterocycles. The Labute approximate surface area is 175 Å². The van der Waals surface area contributed by atoms with E-state index in [0.29, 0.717) is 38.1 Å². The van der Waals surface area contributed by atoms with Gasteiger partial charge >= 0.3 is 6.03 Å². The number of ether oxygens (including phenoxy) is 2. The van der Waals surface area contributed by atoms with Gasteiger partial charge in [-0.3, -0.25) is 19.4 Å². The van der Waals surface area contributed by atoms with Crippen molar-refractivity contribution in [2.24, 2.45) is 0 Å². The number of morpholine rings is 1. The summed E-state index contributed by atoms with van der Waals surface area (Å²) in [6.07, 6.45) is 0.854. The van der Waals surface area contributed by atoms with Crippen LogP contribution in [0.3, 0.4) is 0 Å². The van der Waals surface area contributed by atoms with Gasteiger partial charge in [0.25, 0.3) is 11.8 Å². The van der Waals surface area contributed by atoms with Gasteiger partial charge in [-0.1, -0.05) is 0 Å². The average Bonchev–Trinajstić information content (AvgIpc) is 2.98. The van der Waals surface area contributed by atoms with E-state index in [4.69, 9.17) is 9.47 Å². The third kappa shape index (κ3) is 4.13. The lowest BCUT2D eigenvalue weighted by Crippen LogP contribution is -2.55. The summed E-state index contributed by atoms with van der Waals surface area (Å²) in [6.45, 7) is 5.70. The number of hydrogen-bond acceptors (Lipinski definition) is 6. The fourth-order valence-corrected chi connectivity index (χ4v) is 4.18. The minimum atomic E-state index is -0.860. The van der Waals surface area contributed by atoms with Gasteiger partial charge in [0.15, 0.2) is 0 Å². The van der Waals surface area contributed by atoms with Gasteiger partial charge in [-0.25, -0.2) is 4.79 Å². The molecule has 3 saturated heterocycles. The molecule has 0 bridgehead atoms. The maximum atomic E-state index is 12.8. The number of urea groups is 1. The van der Waals surface area contributed by atoms with E-state index in [9.17, 15) is 14.4 Å². The lowest BCUT2D eigenvalue weighted by molar-refractivity contribution is -0.131. The van der Waals surface area contributed by atoms with Gasteiger partial charge in [-0.2, -0.15) is 0 Å². The molecule has 30 heavy (non-hydrogen) atoms. The molecule has 3 aliphatic rings. The number of benzene rings is 1. The summed E-state index contributed by atoms with van der Waals surface area (Å²) in [5, 5.41) is 2.79. The summed E-state index contributed by atoms with van der Waals surface area (Å²) in [5.41, 5.74) is -0.272. The molecule has 9 heteroatoms. The van der Waals surface area contributed by atoms with E-state index in [0.717, 1.165) is 43.5 Å². The SMILES string of the molecule is CN1C(=O)NC2(CCN(C(=O)c3ccc(OCCN4CCOCC4)cc3)CC2)C1=O. The number of likely N-dealkylation sites (N-methyl/N-ethyl adjacent to an activating group) is 1. The maximum absolute atomic E-state index is 12.8. The number of carbonyl (C=O) groups excluding carboxylic acids is 3. The fourth-order valence-electron chi connectivity index (χ4n) is 4.18. The van der Waals surface area contributed by atoms with E-state index >= 15 is 0 Å². The zero-order valence-electron chi connectivity index (χ0n) is 17.3. The van der Waals surface area contributed by atoms with Crippen molar-refractivity contribution >= 4 is 17.8 Å². The first-order chi connectivity index (χ1) is 14.5. The molecular formula is C21H28N4O5. The predicted molar refractivity (Wildman–Crippen MR) is 108 cm³/mol. The second-order valence-electron chi connectivity index (χ2n) is 8.00. The number of carbonyl (C=O) groups is 3. The summed E-state index contributed by atoms with van der Waals surface area (Å²) in [7, 11) is 1.48. The minimum absolute atomic E-state index is 0.0742. The van der Waals surface area contributed by atoms with Crippen molar-refractivity contribution in [2.45, 2.75) is 18.4 Å². The van der Waals surface area contributed by atoms with Gasteiger partial charge in [0.1, 0.15) is 17.9 Å². The smallest absolute Gasteiger partial charge is 0.324 e. The molecule has 0 saturated carbocycles. The maximum Gasteiger partial charge on any atom is 0.324 e. The van der Waals surface area contributed by atoms with Crippen molar-refractivity contribution in [3.8, 4) is 5.75 Å². The number of hydrogen-bond donors (Lipinski definition) is 1. The molecule has 3 fully saturated rings. The first kappa shape index (κ1) is 20.6. The van der Waals surface area contributed by atoms with Crippen LogP contribution in [-0.4, -0.2) is 97.7 Å². The van der Waals surface area contributed by atoms with Crippen LogP contribution >= 0.6 is 0 Å². The number of nitrogens with one attached hydrogen (secondary N) is 1. The molecule has 0 atom stereocenters. The Morgan fingerprint density at radius 1 is 1.10 bits per heavy atom. The van der Waals surface area contributed by atoms with E-state index in [1.165, 1.54) is 7.05 Å². The number of piperidine rings is 1. The largest absolute Gasteiger partial charge is 0.492 e. The van der Waals surface area contributed by atoms with Crippen LogP contribution in [0.1, 0.15) is 23.2 Å². The van der Waals surface area contributed by atoms with Crippen LogP contribution in [0.4, 0.5) is 4.79 Å². The highest BCUT2D eigenvalue weighted by atomic mass is 16.5. The Kier molecular flexibility index (Phi) is 5.92. The minimum Gasteiger partial charge on any atom is -0.492 e. The quantitative estimate of drug-likeness (QED) is 0.705. The lowest BCUT2D eigenvalue weighted by Gasteiger charge is -2.37. The van der Waals surface area contributed by atoms with Crippen molar-refractivity contribution in [3.05, 3.63) is 29.8 Å². The standard InChI is InChI=1S/C21H28N4O5/c1-23-19(27)21(22-20(23)28)6-8-25(9-7-21)18(26)16-2-4-17(5-3-16)30-15-12-24-10-13-29-14-11-24/h2-5H,6-15H2,1H3,(H,22,28). The number of amides is 4. The molecule has 162 valence electrons. The van der Waals surface area contributed by atoms with E-state index in [-0.39, 0.29) is 17.8 Å². The van der Waals surface area contributed by atoms with Crippen LogP contribution in [-0.2, 0) is 9.53 Å². The second-order valence-corrected chi connectivity index (χ2v) is 8.00. The third-order valence-electron chi connectivity index (χ3n) is 6.15. The summed E-state index contributed by atoms with van der Waals surface area (Å²) in [5.74, 6) is 0.452. The lowest BCUT2D eigenvalue weighted by atomic mass is 9.87. The van der Waals surface area contributed by atoms with Crippen LogP contribution in [0.2, 0.25) is 0 Å². The number of imide groups is 1. The Morgan fingerprint density at radius 2 is 1.77 bits per heavy atom. The molecule has 1 aromatic carbocycles. The van der Waals surface area contributed by atoms with Crippen molar-refractivity contribution in [2.75, 3.05) is 59.6 Å². The molecule has 4 amide bonds. The number of nitrogens with zero attached hydrogens (tertiary/aromatic N) is 3. The molecule has 1 N–H and O–H groups in total. The molecule has 1 aromatic rings. The zero-order chi connectivity index (χ0) is 21.1. The van der Waals surface area contributed by atoms with Gasteiger partial charge in [-0.05, 0) is 37.1 Å². The fraction of sp³-hybridized carbons (Fsp3) is 0.571. The average molecular weight is 416 g/mol. The molecule has 9 nitrogen and oxygen atoms in total. The van der Waals surface area contributed by atoms with Crippen LogP contribution in [0.15, 0.2) is 24.3 Å². The van der Waals surface area contributed by atoms with Crippen molar-refractivity contribution in [3.63, 3.8) is 0 Å². The molecule has 3 heterocycles. The highest BCUT2D eigenvalue weighted by Gasteiger charge is 2.51. The van der Waals surface area contributed by atoms with Crippen molar-refractivity contribution in [1.82, 2.24) is 20.0 Å². The second kappa shape index (κ2) is 8.61. The van der Waals surface area contributed by atoms with Crippen LogP contribution in [0, 0.1) is 0 Å². The van der Waals surface area contributed by atoms with Gasteiger partial charge in [-0.15, -0.1) is 0 Å². The molecule has 0 unspecified atom stereocenters. The topological polar surface area (TPSA) is 91.4 Å². The summed E-state index contributed by atoms with van der Waals surface area (Å²) < 4.78 is 11.1. The molecule has 4 rings (SSSR count). The van der Waals surface area contributed by atoms with Crippen molar-refractivity contribution in [1.29, 1.82) is 0 Å². The summed E-state index contributed by atoms with van der Waals surface area (Å²) in [4.78, 5) is 42.2. The Balaban J connectivity index is 1.27. The van der Waals surface area contributed by atoms with Crippen LogP contribution < -0.4 is 10.1 Å². The number of likely N-dealkylation sites (tertiary alicyclic amines) is 1. The summed E-state index contributed by atoms with van der Waals surface area (Å²) >= 11 is 0. The van der Waals surface area contributed by atoms with E-state index in [1.807, 2.05) is 12.1 Å². The Morgan fingerprint density at radius 3 is 2.37 bits per heavy atom. The third-order valence-corrected chi connectivity index (χ3v) is 6.15. The molecule has 0 radical (unpaired) electrons. The van der Waals surface area contributed by atoms with Crippen molar-refractivity contribution < 1.29 is 23.9 Å². The Bertz CT molecular complexity index is 798. The van der Waals surface area contributed by atoms with E-state index in [1.54, 1.807) is 17.0 Å².